The summed E-state index contributed by atoms with van der Waals surface area (Å²) in [6.45, 7) is 4.83. The van der Waals surface area contributed by atoms with E-state index < -0.39 is 20.0 Å². The maximum absolute atomic E-state index is 12.2. The summed E-state index contributed by atoms with van der Waals surface area (Å²) in [6, 6.07) is 0. The Kier molecular flexibility index (Phi) is 8.91. The molecule has 0 saturated carbocycles. The number of phosphoric acid groups is 1. The molecule has 0 aromatic rings. The second kappa shape index (κ2) is 8.63. The van der Waals surface area contributed by atoms with Gasteiger partial charge in [-0.25, -0.2) is 4.57 Å². The predicted molar refractivity (Wildman–Crippen MR) is 70.8 cm³/mol. The highest BCUT2D eigenvalue weighted by molar-refractivity contribution is 7.48. The van der Waals surface area contributed by atoms with E-state index in [1.165, 1.54) is 6.92 Å². The van der Waals surface area contributed by atoms with Gasteiger partial charge < -0.3 is 4.52 Å². The summed E-state index contributed by atoms with van der Waals surface area (Å²) in [6.07, 6.45) is -0.957. The van der Waals surface area contributed by atoms with Crippen molar-refractivity contribution in [2.24, 2.45) is 0 Å². The Morgan fingerprint density at radius 1 is 1.24 bits per heavy atom. The Morgan fingerprint density at radius 3 is 1.94 bits per heavy atom. The van der Waals surface area contributed by atoms with Gasteiger partial charge in [0.25, 0.3) is 0 Å². The summed E-state index contributed by atoms with van der Waals surface area (Å²) in [5, 5.41) is 0. The zero-order valence-electron chi connectivity index (χ0n) is 9.86. The van der Waals surface area contributed by atoms with Crippen molar-refractivity contribution in [1.82, 2.24) is 0 Å². The Labute approximate surface area is 117 Å². The Bertz CT molecular complexity index is 282. The maximum atomic E-state index is 12.2. The van der Waals surface area contributed by atoms with Crippen LogP contribution in [0.3, 0.4) is 0 Å². The van der Waals surface area contributed by atoms with Crippen molar-refractivity contribution in [3.8, 4) is 0 Å². The van der Waals surface area contributed by atoms with Crippen molar-refractivity contribution in [3.63, 3.8) is 0 Å². The van der Waals surface area contributed by atoms with Crippen LogP contribution in [-0.2, 0) is 18.1 Å². The third-order valence-electron chi connectivity index (χ3n) is 1.46. The molecule has 0 N–H and O–H groups in total. The van der Waals surface area contributed by atoms with Crippen LogP contribution in [0.15, 0.2) is 11.3 Å². The van der Waals surface area contributed by atoms with Crippen LogP contribution < -0.4 is 0 Å². The molecule has 0 aliphatic rings. The van der Waals surface area contributed by atoms with Gasteiger partial charge in [-0.2, -0.15) is 0 Å². The van der Waals surface area contributed by atoms with Crippen molar-refractivity contribution in [3.05, 3.63) is 11.3 Å². The predicted octanol–water partition coefficient (Wildman–Crippen LogP) is 4.50. The molecule has 17 heavy (non-hydrogen) atoms. The SMILES string of the molecule is CC(=CCl)OP(=O)(OC(C)CCl)OC(C)CCl. The van der Waals surface area contributed by atoms with Crippen LogP contribution in [0.4, 0.5) is 0 Å². The minimum absolute atomic E-state index is 0.162. The number of phosphoric ester groups is 1. The average molecular weight is 326 g/mol. The van der Waals surface area contributed by atoms with E-state index in [1.807, 2.05) is 0 Å². The van der Waals surface area contributed by atoms with Gasteiger partial charge in [0.2, 0.25) is 0 Å². The second-order valence-electron chi connectivity index (χ2n) is 3.40. The lowest BCUT2D eigenvalue weighted by atomic mass is 10.5. The molecule has 0 amide bonds. The number of alkyl halides is 2. The van der Waals surface area contributed by atoms with Gasteiger partial charge in [0.1, 0.15) is 5.76 Å². The van der Waals surface area contributed by atoms with E-state index >= 15 is 0 Å². The van der Waals surface area contributed by atoms with E-state index in [1.54, 1.807) is 13.8 Å². The molecule has 0 radical (unpaired) electrons. The molecule has 0 fully saturated rings. The molecule has 2 atom stereocenters. The second-order valence-corrected chi connectivity index (χ2v) is 5.73. The molecule has 2 unspecified atom stereocenters. The largest absolute Gasteiger partial charge is 0.530 e. The van der Waals surface area contributed by atoms with Crippen LogP contribution in [0.1, 0.15) is 20.8 Å². The van der Waals surface area contributed by atoms with Crippen molar-refractivity contribution < 1.29 is 18.1 Å². The van der Waals surface area contributed by atoms with Crippen LogP contribution in [0, 0.1) is 0 Å². The van der Waals surface area contributed by atoms with E-state index in [4.69, 9.17) is 48.4 Å². The molecular weight excluding hydrogens is 309 g/mol. The first-order chi connectivity index (χ1) is 7.86. The highest BCUT2D eigenvalue weighted by Crippen LogP contribution is 2.53. The topological polar surface area (TPSA) is 44.8 Å². The number of halogens is 3. The molecule has 0 aromatic heterocycles. The fourth-order valence-corrected chi connectivity index (χ4v) is 2.74. The van der Waals surface area contributed by atoms with Crippen LogP contribution in [0.2, 0.25) is 0 Å². The lowest BCUT2D eigenvalue weighted by molar-refractivity contribution is 0.0904. The Morgan fingerprint density at radius 2 is 1.65 bits per heavy atom. The molecule has 8 heteroatoms. The zero-order valence-corrected chi connectivity index (χ0v) is 13.0. The molecule has 102 valence electrons. The first kappa shape index (κ1) is 17.6. The Hall–Kier alpha value is 0.560. The van der Waals surface area contributed by atoms with Gasteiger partial charge in [-0.1, -0.05) is 11.6 Å². The van der Waals surface area contributed by atoms with E-state index in [0.29, 0.717) is 0 Å². The molecule has 4 nitrogen and oxygen atoms in total. The normalized spacial score (nSPS) is 19.5. The van der Waals surface area contributed by atoms with Crippen LogP contribution >= 0.6 is 42.6 Å². The van der Waals surface area contributed by atoms with Gasteiger partial charge in [-0.3, -0.25) is 9.05 Å². The summed E-state index contributed by atoms with van der Waals surface area (Å²) in [5.74, 6) is 0.545. The monoisotopic (exact) mass is 324 g/mol. The average Bonchev–Trinajstić information content (AvgIpc) is 2.27. The highest BCUT2D eigenvalue weighted by Gasteiger charge is 2.33. The van der Waals surface area contributed by atoms with Crippen molar-refractivity contribution >= 4 is 42.6 Å². The first-order valence-electron chi connectivity index (χ1n) is 4.92. The van der Waals surface area contributed by atoms with E-state index in [9.17, 15) is 4.57 Å². The molecule has 0 heterocycles. The quantitative estimate of drug-likeness (QED) is 0.374. The number of rotatable bonds is 8. The molecule has 0 spiro atoms. The number of hydrogen-bond donors (Lipinski definition) is 0. The van der Waals surface area contributed by atoms with Crippen LogP contribution in [-0.4, -0.2) is 24.0 Å². The van der Waals surface area contributed by atoms with E-state index in [-0.39, 0.29) is 17.5 Å². The lowest BCUT2D eigenvalue weighted by Gasteiger charge is -2.23. The van der Waals surface area contributed by atoms with Gasteiger partial charge >= 0.3 is 7.82 Å². The molecular formula is C9H16Cl3O4P. The highest BCUT2D eigenvalue weighted by atomic mass is 35.5. The summed E-state index contributed by atoms with van der Waals surface area (Å²) < 4.78 is 27.6. The van der Waals surface area contributed by atoms with Gasteiger partial charge in [0, 0.05) is 17.3 Å². The standard InChI is InChI=1S/C9H16Cl3O4P/c1-7(4-10)14-17(13,15-8(2)5-11)16-9(3)6-12/h4,8-9H,5-6H2,1-3H3. The lowest BCUT2D eigenvalue weighted by Crippen LogP contribution is -2.15. The molecule has 0 aliphatic carbocycles. The Balaban J connectivity index is 4.74. The van der Waals surface area contributed by atoms with Crippen molar-refractivity contribution in [1.29, 1.82) is 0 Å². The molecule has 0 rings (SSSR count). The number of allylic oxidation sites excluding steroid dienone is 1. The third kappa shape index (κ3) is 7.55. The van der Waals surface area contributed by atoms with Gasteiger partial charge in [0.15, 0.2) is 0 Å². The fourth-order valence-electron chi connectivity index (χ4n) is 0.761. The van der Waals surface area contributed by atoms with Gasteiger partial charge in [-0.05, 0) is 20.8 Å². The molecule has 0 bridgehead atoms. The fraction of sp³-hybridized carbons (Fsp3) is 0.778. The minimum atomic E-state index is -3.76. The summed E-state index contributed by atoms with van der Waals surface area (Å²) >= 11 is 16.6. The smallest absolute Gasteiger partial charge is 0.408 e. The van der Waals surface area contributed by atoms with Gasteiger partial charge in [-0.15, -0.1) is 23.2 Å². The van der Waals surface area contributed by atoms with Crippen LogP contribution in [0.5, 0.6) is 0 Å². The van der Waals surface area contributed by atoms with Crippen LogP contribution in [0.25, 0.3) is 0 Å². The summed E-state index contributed by atoms with van der Waals surface area (Å²) in [4.78, 5) is 0. The molecule has 0 saturated heterocycles. The minimum Gasteiger partial charge on any atom is -0.408 e. The third-order valence-corrected chi connectivity index (χ3v) is 4.39. The summed E-state index contributed by atoms with van der Waals surface area (Å²) in [7, 11) is -3.76. The van der Waals surface area contributed by atoms with Crippen molar-refractivity contribution in [2.45, 2.75) is 33.0 Å². The summed E-state index contributed by atoms with van der Waals surface area (Å²) in [5.41, 5.74) is 1.14. The molecule has 0 aromatic carbocycles. The first-order valence-corrected chi connectivity index (χ1v) is 7.88. The van der Waals surface area contributed by atoms with Gasteiger partial charge in [0.05, 0.1) is 12.2 Å². The molecule has 0 aliphatic heterocycles. The maximum Gasteiger partial charge on any atom is 0.530 e. The van der Waals surface area contributed by atoms with E-state index in [0.717, 1.165) is 5.54 Å². The van der Waals surface area contributed by atoms with E-state index in [2.05, 4.69) is 0 Å². The number of hydrogen-bond acceptors (Lipinski definition) is 4. The zero-order chi connectivity index (χ0) is 13.5. The van der Waals surface area contributed by atoms with Crippen molar-refractivity contribution in [2.75, 3.05) is 11.8 Å².